The first-order valence-electron chi connectivity index (χ1n) is 12.3. The summed E-state index contributed by atoms with van der Waals surface area (Å²) in [6.07, 6.45) is 4.82. The number of carboxylic acid groups (broad SMARTS) is 1. The SMILES string of the molecule is CC(C)C[C@@H](NC(=O)Cc1ccc(OC(C)(C)C(=O)O)cc1)c1ccccc1N1CCCCC1. The smallest absolute Gasteiger partial charge is 0.347 e. The number of piperidine rings is 1. The van der Waals surface area contributed by atoms with E-state index in [4.69, 9.17) is 4.74 Å². The van der Waals surface area contributed by atoms with Gasteiger partial charge < -0.3 is 20.1 Å². The van der Waals surface area contributed by atoms with Crippen LogP contribution in [0.25, 0.3) is 0 Å². The Hall–Kier alpha value is -3.02. The maximum atomic E-state index is 13.0. The Balaban J connectivity index is 1.70. The van der Waals surface area contributed by atoms with Crippen molar-refractivity contribution in [3.05, 3.63) is 59.7 Å². The molecule has 0 aliphatic carbocycles. The number of nitrogens with one attached hydrogen (secondary N) is 1. The van der Waals surface area contributed by atoms with Crippen molar-refractivity contribution in [2.75, 3.05) is 18.0 Å². The van der Waals surface area contributed by atoms with Gasteiger partial charge in [-0.05, 0) is 74.8 Å². The van der Waals surface area contributed by atoms with E-state index in [0.717, 1.165) is 25.1 Å². The van der Waals surface area contributed by atoms with Crippen molar-refractivity contribution < 1.29 is 19.4 Å². The molecule has 1 saturated heterocycles. The zero-order valence-corrected chi connectivity index (χ0v) is 20.8. The minimum Gasteiger partial charge on any atom is -0.478 e. The van der Waals surface area contributed by atoms with E-state index in [1.807, 2.05) is 12.1 Å². The highest BCUT2D eigenvalue weighted by atomic mass is 16.5. The van der Waals surface area contributed by atoms with Crippen LogP contribution in [0.2, 0.25) is 0 Å². The Bertz CT molecular complexity index is 963. The molecule has 1 aliphatic rings. The molecule has 2 aromatic rings. The Morgan fingerprint density at radius 2 is 1.68 bits per heavy atom. The molecule has 0 bridgehead atoms. The number of ether oxygens (including phenoxy) is 1. The molecule has 0 unspecified atom stereocenters. The van der Waals surface area contributed by atoms with Crippen LogP contribution in [-0.2, 0) is 16.0 Å². The monoisotopic (exact) mass is 466 g/mol. The lowest BCUT2D eigenvalue weighted by Gasteiger charge is -2.33. The van der Waals surface area contributed by atoms with Crippen molar-refractivity contribution in [2.45, 2.75) is 71.4 Å². The van der Waals surface area contributed by atoms with Gasteiger partial charge in [-0.25, -0.2) is 4.79 Å². The Morgan fingerprint density at radius 3 is 2.29 bits per heavy atom. The third-order valence-electron chi connectivity index (χ3n) is 6.23. The molecule has 0 aromatic heterocycles. The maximum absolute atomic E-state index is 13.0. The van der Waals surface area contributed by atoms with Crippen LogP contribution < -0.4 is 15.0 Å². The van der Waals surface area contributed by atoms with Crippen LogP contribution in [0.3, 0.4) is 0 Å². The fraction of sp³-hybridized carbons (Fsp3) is 0.500. The van der Waals surface area contributed by atoms with Crippen LogP contribution >= 0.6 is 0 Å². The number of hydrogen-bond acceptors (Lipinski definition) is 4. The van der Waals surface area contributed by atoms with Crippen LogP contribution in [0.4, 0.5) is 5.69 Å². The summed E-state index contributed by atoms with van der Waals surface area (Å²) >= 11 is 0. The second-order valence-electron chi connectivity index (χ2n) is 10.1. The number of carbonyl (C=O) groups is 2. The fourth-order valence-corrected chi connectivity index (χ4v) is 4.38. The molecule has 1 aliphatic heterocycles. The molecule has 2 aromatic carbocycles. The second kappa shape index (κ2) is 11.4. The Kier molecular flexibility index (Phi) is 8.59. The van der Waals surface area contributed by atoms with Crippen molar-refractivity contribution in [2.24, 2.45) is 5.92 Å². The third-order valence-corrected chi connectivity index (χ3v) is 6.23. The van der Waals surface area contributed by atoms with Gasteiger partial charge in [-0.2, -0.15) is 0 Å². The van der Waals surface area contributed by atoms with Crippen molar-refractivity contribution in [1.82, 2.24) is 5.32 Å². The number of anilines is 1. The lowest BCUT2D eigenvalue weighted by molar-refractivity contribution is -0.152. The van der Waals surface area contributed by atoms with Gasteiger partial charge in [0, 0.05) is 18.8 Å². The zero-order chi connectivity index (χ0) is 24.7. The van der Waals surface area contributed by atoms with Crippen molar-refractivity contribution in [3.63, 3.8) is 0 Å². The van der Waals surface area contributed by atoms with Crippen molar-refractivity contribution >= 4 is 17.6 Å². The van der Waals surface area contributed by atoms with E-state index >= 15 is 0 Å². The number of carboxylic acids is 1. The van der Waals surface area contributed by atoms with E-state index in [2.05, 4.69) is 48.3 Å². The number of rotatable bonds is 10. The average Bonchev–Trinajstić information content (AvgIpc) is 2.80. The Morgan fingerprint density at radius 1 is 1.03 bits per heavy atom. The minimum atomic E-state index is -1.31. The molecule has 2 N–H and O–H groups in total. The van der Waals surface area contributed by atoms with Gasteiger partial charge in [-0.1, -0.05) is 44.2 Å². The lowest BCUT2D eigenvalue weighted by atomic mass is 9.94. The van der Waals surface area contributed by atoms with E-state index in [9.17, 15) is 14.7 Å². The number of nitrogens with zero attached hydrogens (tertiary/aromatic N) is 1. The predicted octanol–water partition coefficient (Wildman–Crippen LogP) is 5.37. The molecule has 1 amide bonds. The molecule has 0 saturated carbocycles. The average molecular weight is 467 g/mol. The van der Waals surface area contributed by atoms with Gasteiger partial charge in [-0.3, -0.25) is 4.79 Å². The molecule has 3 rings (SSSR count). The standard InChI is InChI=1S/C28H38N2O4/c1-20(2)18-24(23-10-6-7-11-25(23)30-16-8-5-9-17-30)29-26(31)19-21-12-14-22(15-13-21)34-28(3,4)27(32)33/h6-7,10-15,20,24H,5,8-9,16-19H2,1-4H3,(H,29,31)(H,32,33)/t24-/m1/s1. The first-order valence-corrected chi connectivity index (χ1v) is 12.3. The van der Waals surface area contributed by atoms with Crippen LogP contribution in [-0.4, -0.2) is 35.7 Å². The summed E-state index contributed by atoms with van der Waals surface area (Å²) in [5.41, 5.74) is 1.96. The lowest BCUT2D eigenvalue weighted by Crippen LogP contribution is -2.37. The molecular formula is C28H38N2O4. The van der Waals surface area contributed by atoms with Gasteiger partial charge in [0.2, 0.25) is 5.91 Å². The third kappa shape index (κ3) is 6.99. The molecule has 1 atom stereocenters. The number of carbonyl (C=O) groups excluding carboxylic acids is 1. The molecule has 1 fully saturated rings. The topological polar surface area (TPSA) is 78.9 Å². The summed E-state index contributed by atoms with van der Waals surface area (Å²) in [6, 6.07) is 15.5. The summed E-state index contributed by atoms with van der Waals surface area (Å²) < 4.78 is 5.56. The molecule has 0 spiro atoms. The van der Waals surface area contributed by atoms with Gasteiger partial charge in [0.1, 0.15) is 5.75 Å². The quantitative estimate of drug-likeness (QED) is 0.492. The van der Waals surface area contributed by atoms with Crippen molar-refractivity contribution in [3.8, 4) is 5.75 Å². The molecule has 0 radical (unpaired) electrons. The van der Waals surface area contributed by atoms with Crippen LogP contribution in [0, 0.1) is 5.92 Å². The van der Waals surface area contributed by atoms with E-state index in [-0.39, 0.29) is 18.4 Å². The molecular weight excluding hydrogens is 428 g/mol. The molecule has 34 heavy (non-hydrogen) atoms. The van der Waals surface area contributed by atoms with Gasteiger partial charge in [0.25, 0.3) is 0 Å². The maximum Gasteiger partial charge on any atom is 0.347 e. The summed E-state index contributed by atoms with van der Waals surface area (Å²) in [7, 11) is 0. The molecule has 6 heteroatoms. The number of amides is 1. The molecule has 1 heterocycles. The summed E-state index contributed by atoms with van der Waals surface area (Å²) in [5, 5.41) is 12.5. The van der Waals surface area contributed by atoms with Gasteiger partial charge in [0.05, 0.1) is 12.5 Å². The van der Waals surface area contributed by atoms with E-state index in [1.165, 1.54) is 44.4 Å². The summed E-state index contributed by atoms with van der Waals surface area (Å²) in [4.78, 5) is 26.8. The number of benzene rings is 2. The number of hydrogen-bond donors (Lipinski definition) is 2. The number of aliphatic carboxylic acids is 1. The van der Waals surface area contributed by atoms with E-state index in [0.29, 0.717) is 11.7 Å². The largest absolute Gasteiger partial charge is 0.478 e. The van der Waals surface area contributed by atoms with E-state index < -0.39 is 11.6 Å². The van der Waals surface area contributed by atoms with Gasteiger partial charge >= 0.3 is 5.97 Å². The highest BCUT2D eigenvalue weighted by Crippen LogP contribution is 2.32. The van der Waals surface area contributed by atoms with Crippen LogP contribution in [0.15, 0.2) is 48.5 Å². The fourth-order valence-electron chi connectivity index (χ4n) is 4.38. The highest BCUT2D eigenvalue weighted by Gasteiger charge is 2.29. The zero-order valence-electron chi connectivity index (χ0n) is 20.8. The molecule has 6 nitrogen and oxygen atoms in total. The normalized spacial score (nSPS) is 15.1. The second-order valence-corrected chi connectivity index (χ2v) is 10.1. The highest BCUT2D eigenvalue weighted by molar-refractivity contribution is 5.79. The van der Waals surface area contributed by atoms with Crippen LogP contribution in [0.1, 0.15) is 70.5 Å². The predicted molar refractivity (Wildman–Crippen MR) is 135 cm³/mol. The number of para-hydroxylation sites is 1. The first kappa shape index (κ1) is 25.6. The summed E-state index contributed by atoms with van der Waals surface area (Å²) in [5.74, 6) is -0.158. The minimum absolute atomic E-state index is 0.0290. The van der Waals surface area contributed by atoms with E-state index in [1.54, 1.807) is 12.1 Å². The van der Waals surface area contributed by atoms with Gasteiger partial charge in [-0.15, -0.1) is 0 Å². The van der Waals surface area contributed by atoms with Crippen LogP contribution in [0.5, 0.6) is 5.75 Å². The van der Waals surface area contributed by atoms with Gasteiger partial charge in [0.15, 0.2) is 5.60 Å². The van der Waals surface area contributed by atoms with Crippen molar-refractivity contribution in [1.29, 1.82) is 0 Å². The first-order chi connectivity index (χ1) is 16.2. The summed E-state index contributed by atoms with van der Waals surface area (Å²) in [6.45, 7) is 9.50. The molecule has 184 valence electrons. The Labute approximate surface area is 203 Å².